The molecular weight excluding hydrogens is 397 g/mol. The van der Waals surface area contributed by atoms with E-state index in [4.69, 9.17) is 11.6 Å². The van der Waals surface area contributed by atoms with Crippen molar-refractivity contribution in [1.82, 2.24) is 10.6 Å². The van der Waals surface area contributed by atoms with Crippen molar-refractivity contribution in [3.8, 4) is 0 Å². The van der Waals surface area contributed by atoms with Gasteiger partial charge in [0.1, 0.15) is 0 Å². The van der Waals surface area contributed by atoms with E-state index in [1.165, 1.54) is 5.56 Å². The van der Waals surface area contributed by atoms with Gasteiger partial charge >= 0.3 is 0 Å². The van der Waals surface area contributed by atoms with Gasteiger partial charge in [-0.1, -0.05) is 35.9 Å². The first-order valence-electron chi connectivity index (χ1n) is 7.22. The lowest BCUT2D eigenvalue weighted by Crippen LogP contribution is -2.42. The van der Waals surface area contributed by atoms with Gasteiger partial charge in [-0.05, 0) is 43.9 Å². The lowest BCUT2D eigenvalue weighted by atomic mass is 10.1. The molecule has 0 saturated carbocycles. The van der Waals surface area contributed by atoms with Gasteiger partial charge in [0, 0.05) is 24.2 Å². The topological polar surface area (TPSA) is 36.4 Å². The van der Waals surface area contributed by atoms with Crippen molar-refractivity contribution in [1.29, 1.82) is 0 Å². The molecule has 1 aliphatic rings. The van der Waals surface area contributed by atoms with E-state index in [2.05, 4.69) is 40.8 Å². The largest absolute Gasteiger partial charge is 0.357 e. The minimum atomic E-state index is 0. The molecule has 1 aliphatic carbocycles. The molecule has 1 aromatic carbocycles. The average Bonchev–Trinajstić information content (AvgIpc) is 2.92. The zero-order chi connectivity index (χ0) is 14.2. The van der Waals surface area contributed by atoms with Gasteiger partial charge in [0.05, 0.1) is 0 Å². The molecule has 21 heavy (non-hydrogen) atoms. The zero-order valence-corrected chi connectivity index (χ0v) is 15.4. The summed E-state index contributed by atoms with van der Waals surface area (Å²) in [5.41, 5.74) is 1.22. The van der Waals surface area contributed by atoms with Gasteiger partial charge in [-0.25, -0.2) is 0 Å². The van der Waals surface area contributed by atoms with Crippen molar-refractivity contribution >= 4 is 41.5 Å². The Hall–Kier alpha value is -0.750. The van der Waals surface area contributed by atoms with Crippen LogP contribution in [0.15, 0.2) is 41.4 Å². The molecule has 0 fully saturated rings. The van der Waals surface area contributed by atoms with Crippen LogP contribution in [0, 0.1) is 0 Å². The van der Waals surface area contributed by atoms with Crippen molar-refractivity contribution in [3.05, 3.63) is 47.0 Å². The smallest absolute Gasteiger partial charge is 0.191 e. The minimum Gasteiger partial charge on any atom is -0.357 e. The van der Waals surface area contributed by atoms with Gasteiger partial charge in [0.25, 0.3) is 0 Å². The molecule has 116 valence electrons. The fraction of sp³-hybridized carbons (Fsp3) is 0.438. The first-order valence-corrected chi connectivity index (χ1v) is 7.60. The summed E-state index contributed by atoms with van der Waals surface area (Å²) in [5.74, 6) is 0.906. The van der Waals surface area contributed by atoms with Crippen LogP contribution in [0.1, 0.15) is 25.3 Å². The van der Waals surface area contributed by atoms with Gasteiger partial charge in [-0.2, -0.15) is 0 Å². The highest BCUT2D eigenvalue weighted by Gasteiger charge is 2.11. The van der Waals surface area contributed by atoms with Crippen LogP contribution in [0.2, 0.25) is 5.02 Å². The van der Waals surface area contributed by atoms with E-state index in [9.17, 15) is 0 Å². The number of guanidine groups is 1. The van der Waals surface area contributed by atoms with Crippen LogP contribution in [0.3, 0.4) is 0 Å². The van der Waals surface area contributed by atoms with Crippen molar-refractivity contribution in [3.63, 3.8) is 0 Å². The second-order valence-electron chi connectivity index (χ2n) is 4.92. The molecule has 5 heteroatoms. The SMILES string of the molecule is CCNC(=NCCc1cccc(Cl)c1)NC1CC=CC1.I. The van der Waals surface area contributed by atoms with E-state index in [-0.39, 0.29) is 24.0 Å². The maximum Gasteiger partial charge on any atom is 0.191 e. The summed E-state index contributed by atoms with van der Waals surface area (Å²) in [6, 6.07) is 8.45. The molecule has 0 bridgehead atoms. The first-order chi connectivity index (χ1) is 9.78. The fourth-order valence-electron chi connectivity index (χ4n) is 2.24. The summed E-state index contributed by atoms with van der Waals surface area (Å²) in [6.07, 6.45) is 7.50. The summed E-state index contributed by atoms with van der Waals surface area (Å²) < 4.78 is 0. The second-order valence-corrected chi connectivity index (χ2v) is 5.36. The second kappa shape index (κ2) is 10.1. The number of rotatable bonds is 5. The number of benzene rings is 1. The normalized spacial score (nSPS) is 14.9. The van der Waals surface area contributed by atoms with Gasteiger partial charge < -0.3 is 10.6 Å². The number of aliphatic imine (C=N–C) groups is 1. The maximum atomic E-state index is 5.98. The van der Waals surface area contributed by atoms with Gasteiger partial charge in [0.2, 0.25) is 0 Å². The van der Waals surface area contributed by atoms with Crippen LogP contribution in [-0.4, -0.2) is 25.1 Å². The molecule has 2 rings (SSSR count). The molecule has 0 amide bonds. The number of hydrogen-bond acceptors (Lipinski definition) is 1. The van der Waals surface area contributed by atoms with Crippen LogP contribution in [0.5, 0.6) is 0 Å². The van der Waals surface area contributed by atoms with Crippen LogP contribution in [0.25, 0.3) is 0 Å². The van der Waals surface area contributed by atoms with E-state index in [1.807, 2.05) is 18.2 Å². The molecule has 0 aromatic heterocycles. The van der Waals surface area contributed by atoms with Crippen molar-refractivity contribution < 1.29 is 0 Å². The molecule has 2 N–H and O–H groups in total. The molecule has 0 radical (unpaired) electrons. The maximum absolute atomic E-state index is 5.98. The summed E-state index contributed by atoms with van der Waals surface area (Å²) in [4.78, 5) is 4.63. The lowest BCUT2D eigenvalue weighted by Gasteiger charge is -2.16. The summed E-state index contributed by atoms with van der Waals surface area (Å²) >= 11 is 5.98. The molecule has 3 nitrogen and oxygen atoms in total. The van der Waals surface area contributed by atoms with Gasteiger partial charge in [-0.3, -0.25) is 4.99 Å². The van der Waals surface area contributed by atoms with Crippen LogP contribution >= 0.6 is 35.6 Å². The first kappa shape index (κ1) is 18.3. The van der Waals surface area contributed by atoms with Gasteiger partial charge in [-0.15, -0.1) is 24.0 Å². The Kier molecular flexibility index (Phi) is 8.76. The van der Waals surface area contributed by atoms with Crippen LogP contribution < -0.4 is 10.6 Å². The third-order valence-corrected chi connectivity index (χ3v) is 3.49. The molecule has 0 spiro atoms. The third kappa shape index (κ3) is 6.70. The molecule has 1 aromatic rings. The lowest BCUT2D eigenvalue weighted by molar-refractivity contribution is 0.633. The molecule has 0 aliphatic heterocycles. The summed E-state index contributed by atoms with van der Waals surface area (Å²) in [5, 5.41) is 7.54. The number of nitrogens with zero attached hydrogens (tertiary/aromatic N) is 1. The highest BCUT2D eigenvalue weighted by Crippen LogP contribution is 2.11. The van der Waals surface area contributed by atoms with Crippen LogP contribution in [0.4, 0.5) is 0 Å². The Labute approximate surface area is 149 Å². The van der Waals surface area contributed by atoms with Crippen LogP contribution in [-0.2, 0) is 6.42 Å². The molecule has 0 heterocycles. The highest BCUT2D eigenvalue weighted by molar-refractivity contribution is 14.0. The summed E-state index contributed by atoms with van der Waals surface area (Å²) in [6.45, 7) is 3.72. The Morgan fingerprint density at radius 1 is 1.33 bits per heavy atom. The van der Waals surface area contributed by atoms with E-state index in [0.29, 0.717) is 6.04 Å². The predicted octanol–water partition coefficient (Wildman–Crippen LogP) is 3.77. The minimum absolute atomic E-state index is 0. The standard InChI is InChI=1S/C16H22ClN3.HI/c1-2-18-16(20-15-8-3-4-9-15)19-11-10-13-6-5-7-14(17)12-13;/h3-7,12,15H,2,8-11H2,1H3,(H2,18,19,20);1H. The Bertz CT molecular complexity index is 480. The Morgan fingerprint density at radius 2 is 2.10 bits per heavy atom. The molecule has 0 saturated heterocycles. The number of nitrogens with one attached hydrogen (secondary N) is 2. The van der Waals surface area contributed by atoms with E-state index in [1.54, 1.807) is 0 Å². The monoisotopic (exact) mass is 419 g/mol. The molecular formula is C16H23ClIN3. The zero-order valence-electron chi connectivity index (χ0n) is 12.3. The van der Waals surface area contributed by atoms with E-state index in [0.717, 1.165) is 43.3 Å². The van der Waals surface area contributed by atoms with E-state index < -0.39 is 0 Å². The summed E-state index contributed by atoms with van der Waals surface area (Å²) in [7, 11) is 0. The number of halogens is 2. The van der Waals surface area contributed by atoms with Crippen molar-refractivity contribution in [2.75, 3.05) is 13.1 Å². The predicted molar refractivity (Wildman–Crippen MR) is 102 cm³/mol. The molecule has 0 unspecified atom stereocenters. The molecule has 0 atom stereocenters. The van der Waals surface area contributed by atoms with Crippen molar-refractivity contribution in [2.45, 2.75) is 32.2 Å². The third-order valence-electron chi connectivity index (χ3n) is 3.25. The quantitative estimate of drug-likeness (QED) is 0.330. The average molecular weight is 420 g/mol. The van der Waals surface area contributed by atoms with E-state index >= 15 is 0 Å². The highest BCUT2D eigenvalue weighted by atomic mass is 127. The Balaban J connectivity index is 0.00000220. The number of hydrogen-bond donors (Lipinski definition) is 2. The van der Waals surface area contributed by atoms with Crippen molar-refractivity contribution in [2.24, 2.45) is 4.99 Å². The fourth-order valence-corrected chi connectivity index (χ4v) is 2.45. The Morgan fingerprint density at radius 3 is 2.76 bits per heavy atom. The van der Waals surface area contributed by atoms with Gasteiger partial charge in [0.15, 0.2) is 5.96 Å².